The molecule has 2 rings (SSSR count). The van der Waals surface area contributed by atoms with Crippen LogP contribution < -0.4 is 10.6 Å². The quantitative estimate of drug-likeness (QED) is 0.363. The number of esters is 1. The number of nitro benzene ring substituents is 1. The number of halogens is 1. The molecule has 0 saturated heterocycles. The number of nitrogens with zero attached hydrogens (tertiary/aromatic N) is 1. The molecule has 2 aromatic carbocycles. The molecule has 0 fully saturated rings. The standard InChI is InChI=1S/C19H16ClN3O7/c20-14-7-6-13(9-15(14)23(28)29)19(27)21-10-18(26)30-11-17(25)22-16(24)8-12-4-2-1-3-5-12/h1-7,9H,8,10-11H2,(H,21,27)(H,22,24,25). The molecule has 0 radical (unpaired) electrons. The number of nitro groups is 1. The van der Waals surface area contributed by atoms with Gasteiger partial charge in [-0.15, -0.1) is 0 Å². The van der Waals surface area contributed by atoms with Gasteiger partial charge < -0.3 is 10.1 Å². The van der Waals surface area contributed by atoms with E-state index in [1.54, 1.807) is 30.3 Å². The fourth-order valence-electron chi connectivity index (χ4n) is 2.26. The Morgan fingerprint density at radius 3 is 2.40 bits per heavy atom. The summed E-state index contributed by atoms with van der Waals surface area (Å²) in [6.07, 6.45) is -0.0101. The molecule has 0 saturated carbocycles. The minimum absolute atomic E-state index is 0.0101. The van der Waals surface area contributed by atoms with E-state index in [9.17, 15) is 29.3 Å². The normalized spacial score (nSPS) is 10.0. The summed E-state index contributed by atoms with van der Waals surface area (Å²) in [5.74, 6) is -3.07. The number of hydrogen-bond acceptors (Lipinski definition) is 7. The van der Waals surface area contributed by atoms with Gasteiger partial charge in [0.15, 0.2) is 6.61 Å². The van der Waals surface area contributed by atoms with Crippen molar-refractivity contribution in [1.82, 2.24) is 10.6 Å². The van der Waals surface area contributed by atoms with Gasteiger partial charge in [-0.3, -0.25) is 34.6 Å². The van der Waals surface area contributed by atoms with Crippen molar-refractivity contribution in [3.05, 3.63) is 74.8 Å². The van der Waals surface area contributed by atoms with Gasteiger partial charge >= 0.3 is 5.97 Å². The summed E-state index contributed by atoms with van der Waals surface area (Å²) in [5.41, 5.74) is 0.178. The summed E-state index contributed by atoms with van der Waals surface area (Å²) in [6, 6.07) is 12.1. The van der Waals surface area contributed by atoms with Crippen LogP contribution in [0.3, 0.4) is 0 Å². The van der Waals surface area contributed by atoms with Crippen LogP contribution in [0.15, 0.2) is 48.5 Å². The molecular weight excluding hydrogens is 418 g/mol. The molecule has 0 unspecified atom stereocenters. The van der Waals surface area contributed by atoms with Gasteiger partial charge in [0, 0.05) is 11.6 Å². The molecule has 0 aromatic heterocycles. The number of benzene rings is 2. The van der Waals surface area contributed by atoms with Crippen LogP contribution in [0.4, 0.5) is 5.69 Å². The van der Waals surface area contributed by atoms with E-state index in [0.29, 0.717) is 5.56 Å². The van der Waals surface area contributed by atoms with Crippen molar-refractivity contribution in [3.8, 4) is 0 Å². The van der Waals surface area contributed by atoms with Gasteiger partial charge in [0.1, 0.15) is 11.6 Å². The van der Waals surface area contributed by atoms with E-state index in [2.05, 4.69) is 15.4 Å². The highest BCUT2D eigenvalue weighted by Gasteiger charge is 2.17. The Morgan fingerprint density at radius 2 is 1.73 bits per heavy atom. The summed E-state index contributed by atoms with van der Waals surface area (Å²) >= 11 is 5.67. The molecule has 0 aliphatic heterocycles. The van der Waals surface area contributed by atoms with Crippen molar-refractivity contribution < 1.29 is 28.8 Å². The number of carbonyl (C=O) groups excluding carboxylic acids is 4. The van der Waals surface area contributed by atoms with Crippen LogP contribution in [0.25, 0.3) is 0 Å². The highest BCUT2D eigenvalue weighted by Crippen LogP contribution is 2.24. The third-order valence-corrected chi connectivity index (χ3v) is 3.97. The average Bonchev–Trinajstić information content (AvgIpc) is 2.71. The first-order valence-electron chi connectivity index (χ1n) is 8.50. The van der Waals surface area contributed by atoms with Crippen LogP contribution in [0.5, 0.6) is 0 Å². The zero-order valence-electron chi connectivity index (χ0n) is 15.4. The van der Waals surface area contributed by atoms with Crippen molar-refractivity contribution in [2.45, 2.75) is 6.42 Å². The monoisotopic (exact) mass is 433 g/mol. The Morgan fingerprint density at radius 1 is 1.03 bits per heavy atom. The molecule has 3 amide bonds. The number of rotatable bonds is 8. The number of hydrogen-bond donors (Lipinski definition) is 2. The summed E-state index contributed by atoms with van der Waals surface area (Å²) in [7, 11) is 0. The summed E-state index contributed by atoms with van der Waals surface area (Å²) in [5, 5.41) is 15.0. The van der Waals surface area contributed by atoms with Crippen LogP contribution in [-0.2, 0) is 25.5 Å². The van der Waals surface area contributed by atoms with Crippen molar-refractivity contribution >= 4 is 41.0 Å². The Kier molecular flexibility index (Phi) is 8.00. The molecule has 2 N–H and O–H groups in total. The number of imide groups is 1. The van der Waals surface area contributed by atoms with Crippen molar-refractivity contribution in [3.63, 3.8) is 0 Å². The highest BCUT2D eigenvalue weighted by atomic mass is 35.5. The highest BCUT2D eigenvalue weighted by molar-refractivity contribution is 6.32. The molecule has 10 nitrogen and oxygen atoms in total. The van der Waals surface area contributed by atoms with E-state index in [1.807, 2.05) is 0 Å². The van der Waals surface area contributed by atoms with E-state index in [4.69, 9.17) is 11.6 Å². The number of nitrogens with one attached hydrogen (secondary N) is 2. The molecule has 0 heterocycles. The molecule has 0 atom stereocenters. The molecule has 30 heavy (non-hydrogen) atoms. The van der Waals surface area contributed by atoms with Gasteiger partial charge in [0.05, 0.1) is 11.3 Å². The first-order valence-corrected chi connectivity index (χ1v) is 8.88. The predicted octanol–water partition coefficient (Wildman–Crippen LogP) is 1.41. The van der Waals surface area contributed by atoms with Gasteiger partial charge in [-0.1, -0.05) is 41.9 Å². The van der Waals surface area contributed by atoms with Crippen LogP contribution >= 0.6 is 11.6 Å². The lowest BCUT2D eigenvalue weighted by Crippen LogP contribution is -2.37. The second kappa shape index (κ2) is 10.7. The third-order valence-electron chi connectivity index (χ3n) is 3.65. The van der Waals surface area contributed by atoms with Crippen molar-refractivity contribution in [2.24, 2.45) is 0 Å². The molecule has 0 aliphatic carbocycles. The van der Waals surface area contributed by atoms with E-state index in [1.165, 1.54) is 12.1 Å². The maximum atomic E-state index is 12.0. The van der Waals surface area contributed by atoms with E-state index >= 15 is 0 Å². The second-order valence-corrected chi connectivity index (χ2v) is 6.31. The maximum absolute atomic E-state index is 12.0. The molecular formula is C19H16ClN3O7. The average molecular weight is 434 g/mol. The minimum atomic E-state index is -0.933. The summed E-state index contributed by atoms with van der Waals surface area (Å²) < 4.78 is 4.68. The van der Waals surface area contributed by atoms with Gasteiger partial charge in [0.25, 0.3) is 17.5 Å². The van der Waals surface area contributed by atoms with Crippen LogP contribution in [0.2, 0.25) is 5.02 Å². The predicted molar refractivity (Wildman–Crippen MR) is 105 cm³/mol. The molecule has 0 bridgehead atoms. The first-order chi connectivity index (χ1) is 14.3. The largest absolute Gasteiger partial charge is 0.454 e. The first kappa shape index (κ1) is 22.5. The van der Waals surface area contributed by atoms with Crippen molar-refractivity contribution in [1.29, 1.82) is 0 Å². The smallest absolute Gasteiger partial charge is 0.325 e. The Hall–Kier alpha value is -3.79. The number of ether oxygens (including phenoxy) is 1. The molecule has 0 aliphatic rings. The van der Waals surface area contributed by atoms with Crippen LogP contribution in [0.1, 0.15) is 15.9 Å². The van der Waals surface area contributed by atoms with Crippen molar-refractivity contribution in [2.75, 3.05) is 13.2 Å². The van der Waals surface area contributed by atoms with E-state index < -0.39 is 47.5 Å². The third kappa shape index (κ3) is 6.99. The SMILES string of the molecule is O=C(COC(=O)CNC(=O)c1ccc(Cl)c([N+](=O)[O-])c1)NC(=O)Cc1ccccc1. The Balaban J connectivity index is 1.74. The zero-order chi connectivity index (χ0) is 22.1. The number of amides is 3. The molecule has 2 aromatic rings. The minimum Gasteiger partial charge on any atom is -0.454 e. The topological polar surface area (TPSA) is 145 Å². The molecule has 156 valence electrons. The summed E-state index contributed by atoms with van der Waals surface area (Å²) in [6.45, 7) is -1.29. The van der Waals surface area contributed by atoms with Crippen LogP contribution in [-0.4, -0.2) is 41.8 Å². The van der Waals surface area contributed by atoms with Gasteiger partial charge in [-0.2, -0.15) is 0 Å². The van der Waals surface area contributed by atoms with Crippen LogP contribution in [0, 0.1) is 10.1 Å². The lowest BCUT2D eigenvalue weighted by molar-refractivity contribution is -0.384. The lowest BCUT2D eigenvalue weighted by atomic mass is 10.1. The van der Waals surface area contributed by atoms with Gasteiger partial charge in [-0.05, 0) is 17.7 Å². The van der Waals surface area contributed by atoms with Gasteiger partial charge in [0.2, 0.25) is 5.91 Å². The number of carbonyl (C=O) groups is 4. The lowest BCUT2D eigenvalue weighted by Gasteiger charge is -2.07. The Labute approximate surface area is 175 Å². The Bertz CT molecular complexity index is 979. The zero-order valence-corrected chi connectivity index (χ0v) is 16.2. The fraction of sp³-hybridized carbons (Fsp3) is 0.158. The second-order valence-electron chi connectivity index (χ2n) is 5.90. The fourth-order valence-corrected chi connectivity index (χ4v) is 2.45. The van der Waals surface area contributed by atoms with E-state index in [-0.39, 0.29) is 17.0 Å². The maximum Gasteiger partial charge on any atom is 0.325 e. The van der Waals surface area contributed by atoms with E-state index in [0.717, 1.165) is 6.07 Å². The summed E-state index contributed by atoms with van der Waals surface area (Å²) in [4.78, 5) is 57.2. The van der Waals surface area contributed by atoms with Gasteiger partial charge in [-0.25, -0.2) is 0 Å². The molecule has 0 spiro atoms. The molecule has 11 heteroatoms.